The summed E-state index contributed by atoms with van der Waals surface area (Å²) in [4.78, 5) is 11.0. The molecule has 0 aliphatic heterocycles. The first-order chi connectivity index (χ1) is 5.87. The summed E-state index contributed by atoms with van der Waals surface area (Å²) in [6.45, 7) is 3.52. The molecule has 0 aromatic carbocycles. The second-order valence-electron chi connectivity index (χ2n) is 3.49. The van der Waals surface area contributed by atoms with E-state index in [1.165, 1.54) is 6.26 Å². The number of carbonyl (C=O) groups is 1. The van der Waals surface area contributed by atoms with Crippen molar-refractivity contribution < 1.29 is 13.2 Å². The normalized spacial score (nSPS) is 14.1. The van der Waals surface area contributed by atoms with E-state index in [0.29, 0.717) is 12.8 Å². The smallest absolute Gasteiger partial charge is 0.147 e. The molecular formula is C9H18O3S. The third kappa shape index (κ3) is 6.75. The van der Waals surface area contributed by atoms with Crippen molar-refractivity contribution >= 4 is 15.6 Å². The average molecular weight is 206 g/mol. The fourth-order valence-corrected chi connectivity index (χ4v) is 1.98. The van der Waals surface area contributed by atoms with Crippen molar-refractivity contribution in [3.8, 4) is 0 Å². The van der Waals surface area contributed by atoms with Crippen molar-refractivity contribution in [1.82, 2.24) is 0 Å². The van der Waals surface area contributed by atoms with E-state index in [0.717, 1.165) is 6.42 Å². The molecule has 0 N–H and O–H groups in total. The van der Waals surface area contributed by atoms with Crippen LogP contribution in [0, 0.1) is 5.92 Å². The quantitative estimate of drug-likeness (QED) is 0.660. The Balaban J connectivity index is 3.81. The maximum Gasteiger partial charge on any atom is 0.147 e. The van der Waals surface area contributed by atoms with Crippen LogP contribution in [0.5, 0.6) is 0 Å². The Kier molecular flexibility index (Phi) is 5.21. The van der Waals surface area contributed by atoms with Gasteiger partial charge in [0.2, 0.25) is 0 Å². The number of Topliss-reactive ketones (excluding diaryl/α,β-unsaturated/α-hetero) is 1. The topological polar surface area (TPSA) is 51.2 Å². The third-order valence-corrected chi connectivity index (χ3v) is 3.17. The molecule has 0 fully saturated rings. The molecule has 1 atom stereocenters. The van der Waals surface area contributed by atoms with Crippen molar-refractivity contribution in [3.05, 3.63) is 0 Å². The van der Waals surface area contributed by atoms with Crippen LogP contribution in [-0.4, -0.2) is 26.2 Å². The molecule has 4 heteroatoms. The number of ketones is 1. The molecular weight excluding hydrogens is 188 g/mol. The summed E-state index contributed by atoms with van der Waals surface area (Å²) in [6, 6.07) is 0. The summed E-state index contributed by atoms with van der Waals surface area (Å²) in [7, 11) is -2.87. The lowest BCUT2D eigenvalue weighted by atomic mass is 9.97. The molecule has 3 nitrogen and oxygen atoms in total. The van der Waals surface area contributed by atoms with Gasteiger partial charge in [0, 0.05) is 17.9 Å². The van der Waals surface area contributed by atoms with Gasteiger partial charge in [0.05, 0.1) is 0 Å². The maximum atomic E-state index is 11.0. The SMILES string of the molecule is CCC(CCCS(C)(=O)=O)C(C)=O. The van der Waals surface area contributed by atoms with Crippen LogP contribution >= 0.6 is 0 Å². The van der Waals surface area contributed by atoms with Crippen LogP contribution in [0.15, 0.2) is 0 Å². The Morgan fingerprint density at radius 1 is 1.38 bits per heavy atom. The molecule has 0 aromatic rings. The Bertz CT molecular complexity index is 254. The Morgan fingerprint density at radius 2 is 1.92 bits per heavy atom. The first-order valence-corrected chi connectivity index (χ1v) is 6.61. The molecule has 0 heterocycles. The van der Waals surface area contributed by atoms with E-state index in [1.54, 1.807) is 6.92 Å². The molecule has 0 bridgehead atoms. The van der Waals surface area contributed by atoms with Crippen LogP contribution in [-0.2, 0) is 14.6 Å². The van der Waals surface area contributed by atoms with Crippen LogP contribution in [0.1, 0.15) is 33.1 Å². The Hall–Kier alpha value is -0.380. The molecule has 0 amide bonds. The van der Waals surface area contributed by atoms with E-state index in [-0.39, 0.29) is 17.5 Å². The first-order valence-electron chi connectivity index (χ1n) is 4.55. The predicted octanol–water partition coefficient (Wildman–Crippen LogP) is 1.43. The van der Waals surface area contributed by atoms with Gasteiger partial charge in [-0.1, -0.05) is 6.92 Å². The zero-order valence-electron chi connectivity index (χ0n) is 8.54. The minimum absolute atomic E-state index is 0.0433. The molecule has 0 saturated heterocycles. The minimum atomic E-state index is -2.87. The van der Waals surface area contributed by atoms with Gasteiger partial charge < -0.3 is 0 Å². The molecule has 0 radical (unpaired) electrons. The van der Waals surface area contributed by atoms with Gasteiger partial charge in [0.25, 0.3) is 0 Å². The van der Waals surface area contributed by atoms with E-state index in [4.69, 9.17) is 0 Å². The van der Waals surface area contributed by atoms with Gasteiger partial charge in [-0.15, -0.1) is 0 Å². The summed E-state index contributed by atoms with van der Waals surface area (Å²) < 4.78 is 21.6. The number of carbonyl (C=O) groups excluding carboxylic acids is 1. The second kappa shape index (κ2) is 5.37. The maximum absolute atomic E-state index is 11.0. The number of hydrogen-bond acceptors (Lipinski definition) is 3. The zero-order chi connectivity index (χ0) is 10.5. The monoisotopic (exact) mass is 206 g/mol. The van der Waals surface area contributed by atoms with Gasteiger partial charge in [-0.2, -0.15) is 0 Å². The molecule has 1 unspecified atom stereocenters. The van der Waals surface area contributed by atoms with Crippen LogP contribution in [0.25, 0.3) is 0 Å². The van der Waals surface area contributed by atoms with Crippen LogP contribution in [0.3, 0.4) is 0 Å². The van der Waals surface area contributed by atoms with Crippen molar-refractivity contribution in [3.63, 3.8) is 0 Å². The van der Waals surface area contributed by atoms with Gasteiger partial charge in [0.1, 0.15) is 15.6 Å². The summed E-state index contributed by atoms with van der Waals surface area (Å²) >= 11 is 0. The van der Waals surface area contributed by atoms with Crippen molar-refractivity contribution in [2.24, 2.45) is 5.92 Å². The van der Waals surface area contributed by atoms with Gasteiger partial charge in [-0.3, -0.25) is 4.79 Å². The third-order valence-electron chi connectivity index (χ3n) is 2.14. The number of hydrogen-bond donors (Lipinski definition) is 0. The van der Waals surface area contributed by atoms with Crippen molar-refractivity contribution in [2.45, 2.75) is 33.1 Å². The standard InChI is InChI=1S/C9H18O3S/c1-4-9(8(2)10)6-5-7-13(3,11)12/h9H,4-7H2,1-3H3. The lowest BCUT2D eigenvalue weighted by Crippen LogP contribution is -2.12. The number of rotatable bonds is 6. The highest BCUT2D eigenvalue weighted by Crippen LogP contribution is 2.12. The Morgan fingerprint density at radius 3 is 2.23 bits per heavy atom. The minimum Gasteiger partial charge on any atom is -0.300 e. The fourth-order valence-electron chi connectivity index (χ4n) is 1.29. The molecule has 0 aliphatic rings. The molecule has 0 saturated carbocycles. The largest absolute Gasteiger partial charge is 0.300 e. The van der Waals surface area contributed by atoms with E-state index in [1.807, 2.05) is 6.92 Å². The highest BCUT2D eigenvalue weighted by molar-refractivity contribution is 7.90. The van der Waals surface area contributed by atoms with Gasteiger partial charge >= 0.3 is 0 Å². The first kappa shape index (κ1) is 12.6. The van der Waals surface area contributed by atoms with Gasteiger partial charge in [-0.05, 0) is 26.2 Å². The van der Waals surface area contributed by atoms with Crippen molar-refractivity contribution in [1.29, 1.82) is 0 Å². The highest BCUT2D eigenvalue weighted by atomic mass is 32.2. The molecule has 78 valence electrons. The van der Waals surface area contributed by atoms with Gasteiger partial charge in [-0.25, -0.2) is 8.42 Å². The summed E-state index contributed by atoms with van der Waals surface area (Å²) in [5.41, 5.74) is 0. The van der Waals surface area contributed by atoms with Crippen LogP contribution in [0.4, 0.5) is 0 Å². The highest BCUT2D eigenvalue weighted by Gasteiger charge is 2.12. The summed E-state index contributed by atoms with van der Waals surface area (Å²) in [6.07, 6.45) is 3.32. The average Bonchev–Trinajstić information content (AvgIpc) is 1.95. The molecule has 0 rings (SSSR count). The van der Waals surface area contributed by atoms with Crippen LogP contribution in [0.2, 0.25) is 0 Å². The lowest BCUT2D eigenvalue weighted by molar-refractivity contribution is -0.121. The molecule has 0 spiro atoms. The van der Waals surface area contributed by atoms with E-state index >= 15 is 0 Å². The van der Waals surface area contributed by atoms with Gasteiger partial charge in [0.15, 0.2) is 0 Å². The lowest BCUT2D eigenvalue weighted by Gasteiger charge is -2.09. The van der Waals surface area contributed by atoms with E-state index in [9.17, 15) is 13.2 Å². The second-order valence-corrected chi connectivity index (χ2v) is 5.75. The fraction of sp³-hybridized carbons (Fsp3) is 0.889. The summed E-state index contributed by atoms with van der Waals surface area (Å²) in [5, 5.41) is 0. The predicted molar refractivity (Wildman–Crippen MR) is 53.4 cm³/mol. The summed E-state index contributed by atoms with van der Waals surface area (Å²) in [5.74, 6) is 0.398. The zero-order valence-corrected chi connectivity index (χ0v) is 9.36. The van der Waals surface area contributed by atoms with E-state index in [2.05, 4.69) is 0 Å². The molecule has 13 heavy (non-hydrogen) atoms. The number of sulfone groups is 1. The van der Waals surface area contributed by atoms with Crippen molar-refractivity contribution in [2.75, 3.05) is 12.0 Å². The Labute approximate surface area is 80.4 Å². The molecule has 0 aliphatic carbocycles. The molecule has 0 aromatic heterocycles. The van der Waals surface area contributed by atoms with Crippen LogP contribution < -0.4 is 0 Å². The van der Waals surface area contributed by atoms with E-state index < -0.39 is 9.84 Å².